The van der Waals surface area contributed by atoms with Crippen LogP contribution in [-0.2, 0) is 10.8 Å². The van der Waals surface area contributed by atoms with Crippen LogP contribution >= 0.6 is 0 Å². The van der Waals surface area contributed by atoms with E-state index >= 15 is 0 Å². The van der Waals surface area contributed by atoms with Gasteiger partial charge in [0.25, 0.3) is 0 Å². The molecule has 0 spiro atoms. The van der Waals surface area contributed by atoms with E-state index in [0.717, 1.165) is 10.5 Å². The van der Waals surface area contributed by atoms with Crippen molar-refractivity contribution in [1.29, 1.82) is 0 Å². The Morgan fingerprint density at radius 3 is 2.36 bits per heavy atom. The van der Waals surface area contributed by atoms with Gasteiger partial charge in [-0.3, -0.25) is 4.21 Å². The maximum absolute atomic E-state index is 11.1. The van der Waals surface area contributed by atoms with Gasteiger partial charge in [0.15, 0.2) is 0 Å². The predicted octanol–water partition coefficient (Wildman–Crippen LogP) is 2.04. The van der Waals surface area contributed by atoms with Gasteiger partial charge >= 0.3 is 0 Å². The topological polar surface area (TPSA) is 17.1 Å². The van der Waals surface area contributed by atoms with Crippen LogP contribution in [0.15, 0.2) is 23.1 Å². The van der Waals surface area contributed by atoms with Crippen molar-refractivity contribution >= 4 is 10.8 Å². The highest BCUT2D eigenvalue weighted by molar-refractivity contribution is 7.84. The van der Waals surface area contributed by atoms with Gasteiger partial charge < -0.3 is 0 Å². The summed E-state index contributed by atoms with van der Waals surface area (Å²) in [6.45, 7) is 4.04. The largest absolute Gasteiger partial charge is 0.255 e. The van der Waals surface area contributed by atoms with Crippen LogP contribution in [0.5, 0.6) is 0 Å². The Balaban J connectivity index is 3.27. The quantitative estimate of drug-likeness (QED) is 0.627. The average Bonchev–Trinajstić information content (AvgIpc) is 1.94. The van der Waals surface area contributed by atoms with Crippen molar-refractivity contribution in [2.45, 2.75) is 18.7 Å². The number of hydrogen-bond donors (Lipinski definition) is 0. The van der Waals surface area contributed by atoms with Crippen molar-refractivity contribution in [3.05, 3.63) is 29.3 Å². The van der Waals surface area contributed by atoms with Gasteiger partial charge in [-0.25, -0.2) is 0 Å². The molecule has 1 nitrogen and oxygen atoms in total. The zero-order valence-corrected chi connectivity index (χ0v) is 7.87. The van der Waals surface area contributed by atoms with E-state index in [-0.39, 0.29) is 0 Å². The maximum atomic E-state index is 11.1. The standard InChI is InChI=1S/C9H12OS/c1-7-5-4-6-9(8(7)2)11(3)10/h4-6H,1-3H3. The third-order valence-corrected chi connectivity index (χ3v) is 2.93. The molecule has 1 aromatic carbocycles. The zero-order chi connectivity index (χ0) is 8.43. The van der Waals surface area contributed by atoms with Gasteiger partial charge in [-0.05, 0) is 31.0 Å². The predicted molar refractivity (Wildman–Crippen MR) is 48.2 cm³/mol. The first kappa shape index (κ1) is 8.47. The summed E-state index contributed by atoms with van der Waals surface area (Å²) in [6, 6.07) is 5.89. The molecular weight excluding hydrogens is 156 g/mol. The lowest BCUT2D eigenvalue weighted by molar-refractivity contribution is 0.686. The molecule has 1 atom stereocenters. The van der Waals surface area contributed by atoms with Crippen LogP contribution in [0, 0.1) is 13.8 Å². The molecule has 2 heteroatoms. The second kappa shape index (κ2) is 3.18. The van der Waals surface area contributed by atoms with Crippen LogP contribution in [0.25, 0.3) is 0 Å². The molecule has 1 rings (SSSR count). The van der Waals surface area contributed by atoms with Gasteiger partial charge in [0.2, 0.25) is 0 Å². The first-order valence-corrected chi connectivity index (χ1v) is 5.08. The van der Waals surface area contributed by atoms with E-state index in [9.17, 15) is 4.21 Å². The Labute approximate surface area is 69.9 Å². The number of rotatable bonds is 1. The van der Waals surface area contributed by atoms with Gasteiger partial charge in [-0.15, -0.1) is 0 Å². The molecule has 1 aromatic rings. The molecule has 0 amide bonds. The highest BCUT2D eigenvalue weighted by Gasteiger charge is 2.02. The summed E-state index contributed by atoms with van der Waals surface area (Å²) < 4.78 is 11.1. The van der Waals surface area contributed by atoms with Crippen molar-refractivity contribution in [2.75, 3.05) is 6.26 Å². The Kier molecular flexibility index (Phi) is 2.45. The Morgan fingerprint density at radius 1 is 1.27 bits per heavy atom. The highest BCUT2D eigenvalue weighted by Crippen LogP contribution is 2.14. The van der Waals surface area contributed by atoms with Crippen LogP contribution in [0.2, 0.25) is 0 Å². The van der Waals surface area contributed by atoms with Crippen molar-refractivity contribution in [1.82, 2.24) is 0 Å². The molecule has 0 saturated heterocycles. The highest BCUT2D eigenvalue weighted by atomic mass is 32.2. The summed E-state index contributed by atoms with van der Waals surface area (Å²) in [5, 5.41) is 0. The molecule has 0 aliphatic rings. The first-order valence-electron chi connectivity index (χ1n) is 3.52. The monoisotopic (exact) mass is 168 g/mol. The lowest BCUT2D eigenvalue weighted by Gasteiger charge is -2.03. The molecule has 0 bridgehead atoms. The lowest BCUT2D eigenvalue weighted by Crippen LogP contribution is -1.93. The van der Waals surface area contributed by atoms with E-state index in [4.69, 9.17) is 0 Å². The first-order chi connectivity index (χ1) is 5.13. The second-order valence-electron chi connectivity index (χ2n) is 2.65. The minimum atomic E-state index is -0.851. The van der Waals surface area contributed by atoms with Gasteiger partial charge in [0, 0.05) is 11.2 Å². The summed E-state index contributed by atoms with van der Waals surface area (Å²) >= 11 is 0. The van der Waals surface area contributed by atoms with Gasteiger partial charge in [-0.1, -0.05) is 12.1 Å². The third kappa shape index (κ3) is 1.69. The maximum Gasteiger partial charge on any atom is 0.0500 e. The zero-order valence-electron chi connectivity index (χ0n) is 7.05. The summed E-state index contributed by atoms with van der Waals surface area (Å²) in [4.78, 5) is 0.949. The summed E-state index contributed by atoms with van der Waals surface area (Å²) in [6.07, 6.45) is 1.71. The van der Waals surface area contributed by atoms with E-state index in [2.05, 4.69) is 0 Å². The molecule has 0 fully saturated rings. The normalized spacial score (nSPS) is 13.0. The van der Waals surface area contributed by atoms with Crippen LogP contribution in [0.4, 0.5) is 0 Å². The number of benzene rings is 1. The molecular formula is C9H12OS. The van der Waals surface area contributed by atoms with Crippen molar-refractivity contribution in [2.24, 2.45) is 0 Å². The van der Waals surface area contributed by atoms with Crippen LogP contribution in [0.1, 0.15) is 11.1 Å². The van der Waals surface area contributed by atoms with Crippen LogP contribution < -0.4 is 0 Å². The molecule has 60 valence electrons. The molecule has 0 saturated carbocycles. The smallest absolute Gasteiger partial charge is 0.0500 e. The molecule has 0 heterocycles. The lowest BCUT2D eigenvalue weighted by atomic mass is 10.1. The fourth-order valence-corrected chi connectivity index (χ4v) is 1.90. The Bertz CT molecular complexity index is 292. The molecule has 0 aliphatic carbocycles. The van der Waals surface area contributed by atoms with Crippen molar-refractivity contribution in [3.63, 3.8) is 0 Å². The third-order valence-electron chi connectivity index (χ3n) is 1.86. The van der Waals surface area contributed by atoms with E-state index in [1.165, 1.54) is 5.56 Å². The van der Waals surface area contributed by atoms with E-state index in [1.54, 1.807) is 6.26 Å². The Hall–Kier alpha value is -0.630. The van der Waals surface area contributed by atoms with E-state index in [0.29, 0.717) is 0 Å². The Morgan fingerprint density at radius 2 is 1.91 bits per heavy atom. The fourth-order valence-electron chi connectivity index (χ4n) is 1.04. The molecule has 1 unspecified atom stereocenters. The van der Waals surface area contributed by atoms with Crippen molar-refractivity contribution < 1.29 is 4.21 Å². The SMILES string of the molecule is Cc1cccc(S(C)=O)c1C. The van der Waals surface area contributed by atoms with Crippen LogP contribution in [-0.4, -0.2) is 10.5 Å². The minimum Gasteiger partial charge on any atom is -0.255 e. The van der Waals surface area contributed by atoms with Crippen molar-refractivity contribution in [3.8, 4) is 0 Å². The molecule has 0 N–H and O–H groups in total. The summed E-state index contributed by atoms with van der Waals surface area (Å²) in [7, 11) is -0.851. The van der Waals surface area contributed by atoms with E-state index < -0.39 is 10.8 Å². The minimum absolute atomic E-state index is 0.851. The average molecular weight is 168 g/mol. The fraction of sp³-hybridized carbons (Fsp3) is 0.333. The van der Waals surface area contributed by atoms with Gasteiger partial charge in [0.1, 0.15) is 0 Å². The van der Waals surface area contributed by atoms with Gasteiger partial charge in [-0.2, -0.15) is 0 Å². The molecule has 0 aliphatic heterocycles. The molecule has 0 aromatic heterocycles. The van der Waals surface area contributed by atoms with Crippen LogP contribution in [0.3, 0.4) is 0 Å². The van der Waals surface area contributed by atoms with Gasteiger partial charge in [0.05, 0.1) is 10.8 Å². The second-order valence-corrected chi connectivity index (χ2v) is 4.00. The van der Waals surface area contributed by atoms with E-state index in [1.807, 2.05) is 32.0 Å². The molecule has 11 heavy (non-hydrogen) atoms. The number of hydrogen-bond acceptors (Lipinski definition) is 1. The number of aryl methyl sites for hydroxylation is 1. The summed E-state index contributed by atoms with van der Waals surface area (Å²) in [5.41, 5.74) is 2.35. The molecule has 0 radical (unpaired) electrons. The summed E-state index contributed by atoms with van der Waals surface area (Å²) in [5.74, 6) is 0.